The molecule has 4 rings (SSSR count). The largest absolute Gasteiger partial charge is 0.457 e. The Morgan fingerprint density at radius 1 is 0.912 bits per heavy atom. The number of benzene rings is 2. The third-order valence-electron chi connectivity index (χ3n) is 4.68. The van der Waals surface area contributed by atoms with Gasteiger partial charge in [-0.25, -0.2) is 4.98 Å². The molecule has 7 nitrogen and oxygen atoms in total. The molecule has 4 aromatic rings. The Labute approximate surface area is 200 Å². The third kappa shape index (κ3) is 5.67. The van der Waals surface area contributed by atoms with Gasteiger partial charge in [-0.3, -0.25) is 9.59 Å². The number of aromatic nitrogens is 1. The van der Waals surface area contributed by atoms with Crippen LogP contribution < -0.4 is 20.5 Å². The fourth-order valence-electron chi connectivity index (χ4n) is 3.01. The van der Waals surface area contributed by atoms with E-state index >= 15 is 0 Å². The summed E-state index contributed by atoms with van der Waals surface area (Å²) in [6, 6.07) is 23.5. The minimum atomic E-state index is -0.642. The molecule has 0 bridgehead atoms. The van der Waals surface area contributed by atoms with Gasteiger partial charge in [0.25, 0.3) is 5.91 Å². The number of hydrogen-bond donors (Lipinski definition) is 2. The average Bonchev–Trinajstić information content (AvgIpc) is 3.33. The molecule has 34 heavy (non-hydrogen) atoms. The van der Waals surface area contributed by atoms with Crippen LogP contribution in [0.5, 0.6) is 23.1 Å². The van der Waals surface area contributed by atoms with E-state index in [-0.39, 0.29) is 17.4 Å². The molecule has 0 unspecified atom stereocenters. The number of nitrogens with one attached hydrogen (secondary N) is 1. The van der Waals surface area contributed by atoms with E-state index < -0.39 is 5.91 Å². The summed E-state index contributed by atoms with van der Waals surface area (Å²) in [7, 11) is 0. The SMILES string of the molecule is C=CC(=O)NCc1ccc(-c2ccc(C(N)=O)c(Oc3ccc(Oc4ccccc4)cc3)n2)s1. The van der Waals surface area contributed by atoms with Crippen LogP contribution in [-0.4, -0.2) is 16.8 Å². The van der Waals surface area contributed by atoms with Crippen molar-refractivity contribution in [3.8, 4) is 33.7 Å². The van der Waals surface area contributed by atoms with Crippen LogP contribution in [0.1, 0.15) is 15.2 Å². The number of amides is 2. The molecule has 2 aromatic carbocycles. The van der Waals surface area contributed by atoms with Gasteiger partial charge in [0.15, 0.2) is 0 Å². The second kappa shape index (κ2) is 10.5. The Hall–Kier alpha value is -4.43. The Kier molecular flexibility index (Phi) is 7.00. The molecular formula is C26H21N3O4S. The molecule has 2 heterocycles. The van der Waals surface area contributed by atoms with E-state index in [1.807, 2.05) is 42.5 Å². The molecule has 170 valence electrons. The average molecular weight is 472 g/mol. The number of primary amides is 1. The van der Waals surface area contributed by atoms with Gasteiger partial charge in [0, 0.05) is 4.88 Å². The van der Waals surface area contributed by atoms with Crippen molar-refractivity contribution < 1.29 is 19.1 Å². The second-order valence-corrected chi connectivity index (χ2v) is 8.26. The van der Waals surface area contributed by atoms with Gasteiger partial charge in [0.1, 0.15) is 22.8 Å². The molecular weight excluding hydrogens is 450 g/mol. The van der Waals surface area contributed by atoms with Crippen molar-refractivity contribution in [3.63, 3.8) is 0 Å². The first-order valence-corrected chi connectivity index (χ1v) is 11.1. The minimum absolute atomic E-state index is 0.108. The van der Waals surface area contributed by atoms with Gasteiger partial charge < -0.3 is 20.5 Å². The maximum Gasteiger partial charge on any atom is 0.254 e. The molecule has 0 fully saturated rings. The van der Waals surface area contributed by atoms with Gasteiger partial charge in [-0.15, -0.1) is 11.3 Å². The predicted molar refractivity (Wildman–Crippen MR) is 131 cm³/mol. The first-order valence-electron chi connectivity index (χ1n) is 10.3. The zero-order valence-corrected chi connectivity index (χ0v) is 18.9. The Morgan fingerprint density at radius 3 is 2.26 bits per heavy atom. The van der Waals surface area contributed by atoms with E-state index in [0.29, 0.717) is 23.7 Å². The molecule has 0 saturated heterocycles. The number of thiophene rings is 1. The van der Waals surface area contributed by atoms with E-state index in [1.54, 1.807) is 36.4 Å². The molecule has 0 saturated carbocycles. The van der Waals surface area contributed by atoms with Gasteiger partial charge in [-0.05, 0) is 66.7 Å². The van der Waals surface area contributed by atoms with Crippen LogP contribution in [0.25, 0.3) is 10.6 Å². The van der Waals surface area contributed by atoms with Crippen LogP contribution in [0.2, 0.25) is 0 Å². The predicted octanol–water partition coefficient (Wildman–Crippen LogP) is 5.30. The molecule has 0 atom stereocenters. The van der Waals surface area contributed by atoms with Crippen LogP contribution in [0.4, 0.5) is 0 Å². The molecule has 0 spiro atoms. The molecule has 0 aliphatic heterocycles. The van der Waals surface area contributed by atoms with Crippen molar-refractivity contribution in [1.29, 1.82) is 0 Å². The van der Waals surface area contributed by atoms with Crippen molar-refractivity contribution >= 4 is 23.2 Å². The number of pyridine rings is 1. The van der Waals surface area contributed by atoms with Gasteiger partial charge in [-0.2, -0.15) is 0 Å². The van der Waals surface area contributed by atoms with Gasteiger partial charge >= 0.3 is 0 Å². The van der Waals surface area contributed by atoms with Gasteiger partial charge in [0.05, 0.1) is 17.1 Å². The summed E-state index contributed by atoms with van der Waals surface area (Å²) in [5.41, 5.74) is 6.32. The maximum atomic E-state index is 11.9. The van der Waals surface area contributed by atoms with Crippen LogP contribution in [0.15, 0.2) is 91.5 Å². The fourth-order valence-corrected chi connectivity index (χ4v) is 3.93. The summed E-state index contributed by atoms with van der Waals surface area (Å²) in [6.45, 7) is 3.82. The van der Waals surface area contributed by atoms with E-state index in [4.69, 9.17) is 15.2 Å². The van der Waals surface area contributed by atoms with Crippen LogP contribution in [0, 0.1) is 0 Å². The molecule has 3 N–H and O–H groups in total. The number of carbonyl (C=O) groups is 2. The number of nitrogens with two attached hydrogens (primary N) is 1. The Morgan fingerprint density at radius 2 is 1.59 bits per heavy atom. The topological polar surface area (TPSA) is 104 Å². The number of carbonyl (C=O) groups excluding carboxylic acids is 2. The van der Waals surface area contributed by atoms with Gasteiger partial charge in [0.2, 0.25) is 11.8 Å². The van der Waals surface area contributed by atoms with E-state index in [9.17, 15) is 9.59 Å². The first-order chi connectivity index (χ1) is 16.5. The van der Waals surface area contributed by atoms with Crippen LogP contribution in [0.3, 0.4) is 0 Å². The third-order valence-corrected chi connectivity index (χ3v) is 5.79. The lowest BCUT2D eigenvalue weighted by molar-refractivity contribution is -0.116. The van der Waals surface area contributed by atoms with Crippen molar-refractivity contribution in [2.24, 2.45) is 5.73 Å². The molecule has 8 heteroatoms. The molecule has 2 aromatic heterocycles. The molecule has 2 amide bonds. The highest BCUT2D eigenvalue weighted by molar-refractivity contribution is 7.15. The summed E-state index contributed by atoms with van der Waals surface area (Å²) in [4.78, 5) is 29.7. The van der Waals surface area contributed by atoms with Crippen molar-refractivity contribution in [2.75, 3.05) is 0 Å². The number of nitrogens with zero attached hydrogens (tertiary/aromatic N) is 1. The van der Waals surface area contributed by atoms with Crippen molar-refractivity contribution in [1.82, 2.24) is 10.3 Å². The summed E-state index contributed by atoms with van der Waals surface area (Å²) in [5, 5.41) is 2.74. The lowest BCUT2D eigenvalue weighted by Gasteiger charge is -2.11. The first kappa shape index (κ1) is 22.8. The second-order valence-electron chi connectivity index (χ2n) is 7.09. The summed E-state index contributed by atoms with van der Waals surface area (Å²) in [5.74, 6) is 1.07. The highest BCUT2D eigenvalue weighted by atomic mass is 32.1. The number of ether oxygens (including phenoxy) is 2. The summed E-state index contributed by atoms with van der Waals surface area (Å²) >= 11 is 1.47. The smallest absolute Gasteiger partial charge is 0.254 e. The van der Waals surface area contributed by atoms with Crippen LogP contribution in [-0.2, 0) is 11.3 Å². The standard InChI is InChI=1S/C26H21N3O4S/c1-2-24(30)28-16-20-12-15-23(34-20)22-14-13-21(25(27)31)26(29-22)33-19-10-8-18(9-11-19)32-17-6-4-3-5-7-17/h2-15H,1,16H2,(H2,27,31)(H,28,30). The zero-order valence-electron chi connectivity index (χ0n) is 18.1. The van der Waals surface area contributed by atoms with Crippen molar-refractivity contribution in [3.05, 3.63) is 102 Å². The molecule has 0 aliphatic carbocycles. The van der Waals surface area contributed by atoms with Crippen LogP contribution >= 0.6 is 11.3 Å². The summed E-state index contributed by atoms with van der Waals surface area (Å²) < 4.78 is 11.7. The minimum Gasteiger partial charge on any atom is -0.457 e. The highest BCUT2D eigenvalue weighted by Gasteiger charge is 2.15. The van der Waals surface area contributed by atoms with E-state index in [2.05, 4.69) is 16.9 Å². The molecule has 0 aliphatic rings. The van der Waals surface area contributed by atoms with Crippen molar-refractivity contribution in [2.45, 2.75) is 6.54 Å². The lowest BCUT2D eigenvalue weighted by Crippen LogP contribution is -2.19. The highest BCUT2D eigenvalue weighted by Crippen LogP contribution is 2.32. The van der Waals surface area contributed by atoms with E-state index in [1.165, 1.54) is 17.4 Å². The number of rotatable bonds is 9. The zero-order chi connectivity index (χ0) is 23.9. The monoisotopic (exact) mass is 471 g/mol. The number of para-hydroxylation sites is 1. The Balaban J connectivity index is 1.52. The quantitative estimate of drug-likeness (QED) is 0.323. The molecule has 0 radical (unpaired) electrons. The maximum absolute atomic E-state index is 11.9. The lowest BCUT2D eigenvalue weighted by atomic mass is 10.2. The fraction of sp³-hybridized carbons (Fsp3) is 0.0385. The number of hydrogen-bond acceptors (Lipinski definition) is 6. The van der Waals surface area contributed by atoms with E-state index in [0.717, 1.165) is 15.5 Å². The summed E-state index contributed by atoms with van der Waals surface area (Å²) in [6.07, 6.45) is 1.22. The Bertz CT molecular complexity index is 1320. The normalized spacial score (nSPS) is 10.4. The van der Waals surface area contributed by atoms with Gasteiger partial charge in [-0.1, -0.05) is 24.8 Å².